The number of benzene rings is 4. The minimum absolute atomic E-state index is 0.00154. The van der Waals surface area contributed by atoms with Crippen LogP contribution in [0.15, 0.2) is 93.8 Å². The molecule has 0 aliphatic carbocycles. The van der Waals surface area contributed by atoms with E-state index in [1.54, 1.807) is 30.3 Å². The number of hydrogen-bond acceptors (Lipinski definition) is 14. The molecule has 1 fully saturated rings. The van der Waals surface area contributed by atoms with E-state index in [0.29, 0.717) is 21.9 Å². The first kappa shape index (κ1) is 36.8. The maximum atomic E-state index is 12.6. The van der Waals surface area contributed by atoms with Gasteiger partial charge in [0.2, 0.25) is 12.0 Å². The Kier molecular flexibility index (Phi) is 10.1. The molecule has 1 aliphatic heterocycles. The van der Waals surface area contributed by atoms with Gasteiger partial charge in [-0.25, -0.2) is 4.79 Å². The number of aromatic hydroxyl groups is 3. The zero-order valence-corrected chi connectivity index (χ0v) is 29.2. The highest BCUT2D eigenvalue weighted by atomic mass is 16.7. The number of aliphatic hydroxyl groups excluding tert-OH is 3. The number of ether oxygens (including phenoxy) is 5. The standard InChI is InChI=1S/C40H34O15/c1-49-29-13-21(14-30(50-2)34(29)45)38-39(25-17-26(20-6-10-23(42)11-7-20)52-27-15-24(43)16-28(53-38)33(25)27)55-40-37(48)36(47)35(46)31(54-40)18-51-32(44)12-5-19-3-8-22(41)9-4-19/h3-17,31,35-37,40-42,45-48H,18H2,1-2H3/p+1/b12-5+. The Morgan fingerprint density at radius 1 is 0.782 bits per heavy atom. The normalized spacial score (nSPS) is 19.8. The van der Waals surface area contributed by atoms with E-state index in [1.807, 2.05) is 0 Å². The number of phenols is 3. The Hall–Kier alpha value is -6.52. The van der Waals surface area contributed by atoms with Crippen LogP contribution in [0.1, 0.15) is 5.56 Å². The van der Waals surface area contributed by atoms with Gasteiger partial charge in [0.25, 0.3) is 0 Å². The number of carbonyl (C=O) groups excluding carboxylic acids is 1. The molecule has 0 spiro atoms. The van der Waals surface area contributed by atoms with Crippen molar-refractivity contribution in [1.82, 2.24) is 0 Å². The molecular weight excluding hydrogens is 720 g/mol. The van der Waals surface area contributed by atoms with Gasteiger partial charge in [-0.3, -0.25) is 4.79 Å². The van der Waals surface area contributed by atoms with E-state index in [4.69, 9.17) is 32.5 Å². The van der Waals surface area contributed by atoms with Crippen LogP contribution >= 0.6 is 0 Å². The van der Waals surface area contributed by atoms with Crippen LogP contribution in [0.4, 0.5) is 0 Å². The van der Waals surface area contributed by atoms with Gasteiger partial charge in [0.05, 0.1) is 31.7 Å². The molecule has 6 aromatic rings. The number of rotatable bonds is 10. The van der Waals surface area contributed by atoms with Gasteiger partial charge in [0, 0.05) is 22.6 Å². The first-order valence-corrected chi connectivity index (χ1v) is 16.8. The largest absolute Gasteiger partial charge is 0.508 e. The summed E-state index contributed by atoms with van der Waals surface area (Å²) in [5, 5.41) is 63.7. The Morgan fingerprint density at radius 2 is 1.40 bits per heavy atom. The molecule has 0 bridgehead atoms. The van der Waals surface area contributed by atoms with Crippen LogP contribution in [0.3, 0.4) is 0 Å². The van der Waals surface area contributed by atoms with Crippen molar-refractivity contribution in [3.05, 3.63) is 95.9 Å². The van der Waals surface area contributed by atoms with Crippen molar-refractivity contribution in [3.8, 4) is 57.1 Å². The van der Waals surface area contributed by atoms with Gasteiger partial charge in [-0.1, -0.05) is 12.1 Å². The molecule has 55 heavy (non-hydrogen) atoms. The van der Waals surface area contributed by atoms with Gasteiger partial charge in [-0.15, -0.1) is 0 Å². The van der Waals surface area contributed by atoms with E-state index < -0.39 is 43.3 Å². The summed E-state index contributed by atoms with van der Waals surface area (Å²) in [4.78, 5) is 23.3. The molecule has 0 radical (unpaired) electrons. The summed E-state index contributed by atoms with van der Waals surface area (Å²) >= 11 is 0. The van der Waals surface area contributed by atoms with Crippen molar-refractivity contribution in [2.24, 2.45) is 0 Å². The molecule has 5 atom stereocenters. The lowest BCUT2D eigenvalue weighted by molar-refractivity contribution is -0.278. The Morgan fingerprint density at radius 3 is 2.04 bits per heavy atom. The van der Waals surface area contributed by atoms with E-state index in [1.165, 1.54) is 68.8 Å². The highest BCUT2D eigenvalue weighted by Gasteiger charge is 2.46. The van der Waals surface area contributed by atoms with Gasteiger partial charge in [0.15, 0.2) is 23.0 Å². The first-order chi connectivity index (χ1) is 26.4. The van der Waals surface area contributed by atoms with Crippen LogP contribution in [0.25, 0.3) is 50.7 Å². The third-order valence-electron chi connectivity index (χ3n) is 8.97. The lowest BCUT2D eigenvalue weighted by Crippen LogP contribution is -2.60. The number of aliphatic hydroxyl groups is 3. The number of phenolic OH excluding ortho intramolecular Hbond substituents is 3. The van der Waals surface area contributed by atoms with Crippen LogP contribution in [-0.2, 0) is 14.3 Å². The molecule has 15 heteroatoms. The molecule has 4 aromatic carbocycles. The smallest absolute Gasteiger partial charge is 0.347 e. The van der Waals surface area contributed by atoms with Gasteiger partial charge in [-0.2, -0.15) is 0 Å². The van der Waals surface area contributed by atoms with E-state index >= 15 is 0 Å². The molecule has 5 unspecified atom stereocenters. The molecule has 7 N–H and O–H groups in total. The van der Waals surface area contributed by atoms with Crippen molar-refractivity contribution in [2.45, 2.75) is 30.7 Å². The quantitative estimate of drug-likeness (QED) is 0.0657. The summed E-state index contributed by atoms with van der Waals surface area (Å²) in [5.41, 5.74) is 1.43. The molecule has 2 aromatic heterocycles. The van der Waals surface area contributed by atoms with Gasteiger partial charge >= 0.3 is 11.4 Å². The second-order valence-electron chi connectivity index (χ2n) is 12.6. The maximum Gasteiger partial charge on any atom is 0.347 e. The highest BCUT2D eigenvalue weighted by Crippen LogP contribution is 2.48. The molecule has 7 rings (SSSR count). The summed E-state index contributed by atoms with van der Waals surface area (Å²) in [7, 11) is 2.67. The molecule has 1 aliphatic rings. The van der Waals surface area contributed by atoms with Crippen molar-refractivity contribution >= 4 is 34.0 Å². The van der Waals surface area contributed by atoms with Crippen LogP contribution in [-0.4, -0.2) is 92.9 Å². The third-order valence-corrected chi connectivity index (χ3v) is 8.97. The van der Waals surface area contributed by atoms with Crippen molar-refractivity contribution in [3.63, 3.8) is 0 Å². The fraction of sp³-hybridized carbons (Fsp3) is 0.200. The summed E-state index contributed by atoms with van der Waals surface area (Å²) < 4.78 is 40.9. The molecule has 1 saturated heterocycles. The summed E-state index contributed by atoms with van der Waals surface area (Å²) in [6, 6.07) is 19.4. The van der Waals surface area contributed by atoms with Crippen LogP contribution < -0.4 is 19.6 Å². The van der Waals surface area contributed by atoms with Gasteiger partial charge < -0.3 is 63.2 Å². The predicted octanol–water partition coefficient (Wildman–Crippen LogP) is 4.09. The SMILES string of the molecule is COc1cc(-c2oc3cc(=[OH+])cc4oc(-c5ccc(O)cc5)cc(c2OC2OC(COC(=O)/C=C/c5ccc(O)cc5)C(O)C(O)C2O)c43)cc(OC)c1O. The molecule has 0 saturated carbocycles. The first-order valence-electron chi connectivity index (χ1n) is 16.8. The Balaban J connectivity index is 1.32. The predicted molar refractivity (Wildman–Crippen MR) is 194 cm³/mol. The molecule has 284 valence electrons. The molecular formula is C40H35O15+. The van der Waals surface area contributed by atoms with Crippen LogP contribution in [0.2, 0.25) is 0 Å². The van der Waals surface area contributed by atoms with Gasteiger partial charge in [-0.05, 0) is 66.2 Å². The maximum absolute atomic E-state index is 12.6. The third kappa shape index (κ3) is 7.36. The van der Waals surface area contributed by atoms with Crippen molar-refractivity contribution in [2.75, 3.05) is 20.8 Å². The average Bonchev–Trinajstić information content (AvgIpc) is 3.18. The lowest BCUT2D eigenvalue weighted by atomic mass is 9.99. The second-order valence-corrected chi connectivity index (χ2v) is 12.6. The zero-order valence-electron chi connectivity index (χ0n) is 29.2. The number of carbonyl (C=O) groups is 1. The van der Waals surface area contributed by atoms with Crippen LogP contribution in [0, 0.1) is 0 Å². The van der Waals surface area contributed by atoms with Crippen LogP contribution in [0.5, 0.6) is 34.5 Å². The summed E-state index contributed by atoms with van der Waals surface area (Å²) in [6.45, 7) is -0.556. The zero-order chi connectivity index (χ0) is 39.0. The number of methoxy groups -OCH3 is 2. The monoisotopic (exact) mass is 755 g/mol. The topological polar surface area (TPSA) is 232 Å². The lowest BCUT2D eigenvalue weighted by Gasteiger charge is -2.40. The van der Waals surface area contributed by atoms with Crippen molar-refractivity contribution in [1.29, 1.82) is 0 Å². The van der Waals surface area contributed by atoms with Crippen molar-refractivity contribution < 1.29 is 72.7 Å². The molecule has 3 heterocycles. The Labute approximate surface area is 311 Å². The molecule has 0 amide bonds. The second kappa shape index (κ2) is 15.1. The summed E-state index contributed by atoms with van der Waals surface area (Å²) in [5.74, 6) is -0.923. The van der Waals surface area contributed by atoms with E-state index in [2.05, 4.69) is 0 Å². The van der Waals surface area contributed by atoms with E-state index in [0.717, 1.165) is 6.08 Å². The highest BCUT2D eigenvalue weighted by molar-refractivity contribution is 6.10. The fourth-order valence-electron chi connectivity index (χ4n) is 6.14. The van der Waals surface area contributed by atoms with Gasteiger partial charge in [0.1, 0.15) is 59.4 Å². The fourth-order valence-corrected chi connectivity index (χ4v) is 6.14. The van der Waals surface area contributed by atoms with E-state index in [-0.39, 0.29) is 68.2 Å². The summed E-state index contributed by atoms with van der Waals surface area (Å²) in [6.07, 6.45) is -5.92. The molecule has 15 nitrogen and oxygen atoms in total. The minimum atomic E-state index is -1.85. The Bertz CT molecular complexity index is 2420. The number of esters is 1. The number of hydrogen-bond donors (Lipinski definition) is 6. The minimum Gasteiger partial charge on any atom is -0.508 e. The van der Waals surface area contributed by atoms with E-state index in [9.17, 15) is 40.2 Å². The average molecular weight is 756 g/mol.